The molecule has 4 heteroatoms. The van der Waals surface area contributed by atoms with E-state index in [0.717, 1.165) is 0 Å². The van der Waals surface area contributed by atoms with Crippen LogP contribution in [0.1, 0.15) is 11.1 Å². The van der Waals surface area contributed by atoms with Gasteiger partial charge in [-0.25, -0.2) is 9.13 Å². The summed E-state index contributed by atoms with van der Waals surface area (Å²) in [6, 6.07) is 14.8. The Labute approximate surface area is 183 Å². The Morgan fingerprint density at radius 1 is 0.727 bits per heavy atom. The van der Waals surface area contributed by atoms with Gasteiger partial charge in [-0.1, -0.05) is 12.1 Å². The summed E-state index contributed by atoms with van der Waals surface area (Å²) in [6.45, 7) is 4.22. The molecule has 1 aromatic carbocycles. The Bertz CT molecular complexity index is 648. The third-order valence-electron chi connectivity index (χ3n) is 3.40. The minimum Gasteiger partial charge on any atom is -0.208 e. The molecule has 0 atom stereocenters. The van der Waals surface area contributed by atoms with Crippen molar-refractivity contribution in [1.82, 2.24) is 0 Å². The van der Waals surface area contributed by atoms with Crippen LogP contribution in [0.25, 0.3) is 10.9 Å². The van der Waals surface area contributed by atoms with E-state index >= 15 is 0 Å². The number of aromatic nitrogens is 2. The van der Waals surface area contributed by atoms with Gasteiger partial charge in [-0.15, -0.1) is 0 Å². The molecule has 3 rings (SSSR count). The molecular weight excluding hydrogens is 422 g/mol. The average molecular weight is 444 g/mol. The third kappa shape index (κ3) is 6.24. The molecule has 0 N–H and O–H groups in total. The van der Waals surface area contributed by atoms with Crippen molar-refractivity contribution in [3.63, 3.8) is 0 Å². The molecule has 0 aliphatic heterocycles. The number of hydrogen-bond acceptors (Lipinski definition) is 0. The fourth-order valence-corrected chi connectivity index (χ4v) is 2.08. The second-order valence-electron chi connectivity index (χ2n) is 5.17. The van der Waals surface area contributed by atoms with Crippen molar-refractivity contribution in [3.05, 3.63) is 72.2 Å². The van der Waals surface area contributed by atoms with Crippen LogP contribution in [0.15, 0.2) is 61.1 Å². The summed E-state index contributed by atoms with van der Waals surface area (Å²) in [7, 11) is 4.08. The Morgan fingerprint density at radius 2 is 1.32 bits per heavy atom. The summed E-state index contributed by atoms with van der Waals surface area (Å²) in [4.78, 5) is 0. The van der Waals surface area contributed by atoms with E-state index in [0.29, 0.717) is 0 Å². The molecule has 0 amide bonds. The van der Waals surface area contributed by atoms with Gasteiger partial charge in [0.1, 0.15) is 14.1 Å². The summed E-state index contributed by atoms with van der Waals surface area (Å²) in [5, 5.41) is 1.34. The Morgan fingerprint density at radius 3 is 1.86 bits per heavy atom. The number of rotatable bonds is 0. The van der Waals surface area contributed by atoms with E-state index in [9.17, 15) is 0 Å². The molecule has 2 aromatic heterocycles. The van der Waals surface area contributed by atoms with Gasteiger partial charge in [0.15, 0.2) is 18.6 Å². The van der Waals surface area contributed by atoms with E-state index < -0.39 is 0 Å². The zero-order valence-electron chi connectivity index (χ0n) is 13.8. The van der Waals surface area contributed by atoms with Crippen LogP contribution < -0.4 is 9.13 Å². The molecule has 3 aromatic rings. The van der Waals surface area contributed by atoms with Crippen LogP contribution in [-0.2, 0) is 79.5 Å². The van der Waals surface area contributed by atoms with Crippen molar-refractivity contribution in [2.24, 2.45) is 14.1 Å². The second-order valence-corrected chi connectivity index (χ2v) is 5.17. The number of para-hydroxylation sites is 1. The standard InChI is InChI=1S/C11H12N.C7H10N.2Y/c1-9-7-8-12(2)11-6-4-3-5-10(9)11;1-7-3-5-8(2)6-4-7;;/h3-8H,1-2H3;3-6H,1-2H3;;/q2*+1;;. The van der Waals surface area contributed by atoms with Crippen LogP contribution in [0.3, 0.4) is 0 Å². The van der Waals surface area contributed by atoms with Crippen LogP contribution in [0, 0.1) is 13.8 Å². The molecule has 0 saturated heterocycles. The van der Waals surface area contributed by atoms with Gasteiger partial charge in [0.05, 0.1) is 0 Å². The molecule has 0 aliphatic carbocycles. The first-order valence-electron chi connectivity index (χ1n) is 6.84. The predicted molar refractivity (Wildman–Crippen MR) is 82.2 cm³/mol. The van der Waals surface area contributed by atoms with E-state index in [-0.39, 0.29) is 65.4 Å². The number of pyridine rings is 2. The molecule has 22 heavy (non-hydrogen) atoms. The Balaban J connectivity index is 0.000000393. The van der Waals surface area contributed by atoms with Crippen molar-refractivity contribution >= 4 is 10.9 Å². The van der Waals surface area contributed by atoms with E-state index in [1.54, 1.807) is 0 Å². The average Bonchev–Trinajstić information content (AvgIpc) is 2.47. The molecule has 0 unspecified atom stereocenters. The quantitative estimate of drug-likeness (QED) is 0.472. The number of aryl methyl sites for hydroxylation is 4. The maximum atomic E-state index is 2.16. The molecule has 0 bridgehead atoms. The molecule has 2 radical (unpaired) electrons. The molecule has 2 nitrogen and oxygen atoms in total. The molecule has 0 fully saturated rings. The topological polar surface area (TPSA) is 7.76 Å². The van der Waals surface area contributed by atoms with Crippen LogP contribution in [0.5, 0.6) is 0 Å². The van der Waals surface area contributed by atoms with Gasteiger partial charge in [-0.05, 0) is 31.0 Å². The van der Waals surface area contributed by atoms with E-state index in [1.165, 1.54) is 22.0 Å². The third-order valence-corrected chi connectivity index (χ3v) is 3.40. The molecule has 2 heterocycles. The summed E-state index contributed by atoms with van der Waals surface area (Å²) in [5.74, 6) is 0. The number of benzene rings is 1. The van der Waals surface area contributed by atoms with Crippen LogP contribution in [0.2, 0.25) is 0 Å². The van der Waals surface area contributed by atoms with E-state index in [4.69, 9.17) is 0 Å². The van der Waals surface area contributed by atoms with Crippen molar-refractivity contribution in [2.45, 2.75) is 13.8 Å². The molecule has 0 saturated carbocycles. The minimum absolute atomic E-state index is 0. The summed E-state index contributed by atoms with van der Waals surface area (Å²) in [6.07, 6.45) is 6.17. The van der Waals surface area contributed by atoms with E-state index in [1.807, 2.05) is 24.0 Å². The second kappa shape index (κ2) is 10.7. The molecular formula is C18H22N2Y2+2. The van der Waals surface area contributed by atoms with Crippen LogP contribution in [0.4, 0.5) is 0 Å². The zero-order valence-corrected chi connectivity index (χ0v) is 19.5. The van der Waals surface area contributed by atoms with Crippen molar-refractivity contribution in [3.8, 4) is 0 Å². The van der Waals surface area contributed by atoms with Crippen LogP contribution in [-0.4, -0.2) is 0 Å². The van der Waals surface area contributed by atoms with Gasteiger partial charge in [0.25, 0.3) is 0 Å². The fraction of sp³-hybridized carbons (Fsp3) is 0.222. The van der Waals surface area contributed by atoms with Gasteiger partial charge in [-0.2, -0.15) is 0 Å². The summed E-state index contributed by atoms with van der Waals surface area (Å²) < 4.78 is 4.16. The van der Waals surface area contributed by atoms with Crippen LogP contribution >= 0.6 is 0 Å². The SMILES string of the molecule is Cc1cc[n+](C)c2ccccc12.Cc1cc[n+](C)cc1.[Y].[Y]. The largest absolute Gasteiger partial charge is 0.212 e. The van der Waals surface area contributed by atoms with Gasteiger partial charge < -0.3 is 0 Å². The number of nitrogens with zero attached hydrogens (tertiary/aromatic N) is 2. The number of hydrogen-bond donors (Lipinski definition) is 0. The summed E-state index contributed by atoms with van der Waals surface area (Å²) >= 11 is 0. The Kier molecular flexibility index (Phi) is 10.7. The van der Waals surface area contributed by atoms with Crippen molar-refractivity contribution < 1.29 is 74.6 Å². The fourth-order valence-electron chi connectivity index (χ4n) is 2.08. The first-order chi connectivity index (χ1) is 9.58. The summed E-state index contributed by atoms with van der Waals surface area (Å²) in [5.41, 5.74) is 3.93. The van der Waals surface area contributed by atoms with Crippen molar-refractivity contribution in [1.29, 1.82) is 0 Å². The monoisotopic (exact) mass is 444 g/mol. The maximum absolute atomic E-state index is 2.16. The van der Waals surface area contributed by atoms with Gasteiger partial charge in [0.2, 0.25) is 5.52 Å². The van der Waals surface area contributed by atoms with Crippen molar-refractivity contribution in [2.75, 3.05) is 0 Å². The smallest absolute Gasteiger partial charge is 0.208 e. The number of fused-ring (bicyclic) bond motifs is 1. The van der Waals surface area contributed by atoms with Gasteiger partial charge >= 0.3 is 0 Å². The predicted octanol–water partition coefficient (Wildman–Crippen LogP) is 2.79. The first kappa shape index (κ1) is 22.0. The normalized spacial score (nSPS) is 9.09. The molecule has 0 spiro atoms. The van der Waals surface area contributed by atoms with Gasteiger partial charge in [0, 0.05) is 95.1 Å². The van der Waals surface area contributed by atoms with Gasteiger partial charge in [-0.3, -0.25) is 0 Å². The van der Waals surface area contributed by atoms with E-state index in [2.05, 4.69) is 74.1 Å². The zero-order chi connectivity index (χ0) is 14.5. The first-order valence-corrected chi connectivity index (χ1v) is 6.84. The molecule has 0 aliphatic rings. The Hall–Kier alpha value is -0.0122. The maximum Gasteiger partial charge on any atom is 0.212 e. The minimum atomic E-state index is 0. The molecule has 108 valence electrons.